The van der Waals surface area contributed by atoms with E-state index in [0.29, 0.717) is 42.4 Å². The van der Waals surface area contributed by atoms with Crippen molar-refractivity contribution in [3.8, 4) is 0 Å². The van der Waals surface area contributed by atoms with Crippen LogP contribution in [0.4, 0.5) is 5.69 Å². The van der Waals surface area contributed by atoms with Crippen LogP contribution in [0.25, 0.3) is 0 Å². The summed E-state index contributed by atoms with van der Waals surface area (Å²) in [4.78, 5) is 15.5. The Hall–Kier alpha value is -1.20. The van der Waals surface area contributed by atoms with E-state index in [2.05, 4.69) is 72.4 Å². The average Bonchev–Trinajstić information content (AvgIpc) is 2.82. The minimum Gasteiger partial charge on any atom is -0.517 e. The highest BCUT2D eigenvalue weighted by Crippen LogP contribution is 2.42. The molecule has 1 aromatic rings. The van der Waals surface area contributed by atoms with Gasteiger partial charge in [-0.3, -0.25) is 4.79 Å². The molecule has 208 valence electrons. The molecule has 0 N–H and O–H groups in total. The number of benzene rings is 1. The molecule has 1 rings (SSSR count). The minimum atomic E-state index is -2.81. The lowest BCUT2D eigenvalue weighted by Gasteiger charge is -2.41. The third-order valence-electron chi connectivity index (χ3n) is 7.03. The predicted octanol–water partition coefficient (Wildman–Crippen LogP) is 7.43. The molecule has 0 amide bonds. The van der Waals surface area contributed by atoms with Crippen LogP contribution in [-0.2, 0) is 22.5 Å². The van der Waals surface area contributed by atoms with E-state index in [1.807, 2.05) is 32.0 Å². The number of carbonyl (C=O) groups excluding carboxylic acids is 1. The summed E-state index contributed by atoms with van der Waals surface area (Å²) in [6.45, 7) is 23.4. The van der Waals surface area contributed by atoms with Crippen molar-refractivity contribution < 1.29 is 22.5 Å². The molecule has 0 saturated carbocycles. The lowest BCUT2D eigenvalue weighted by atomic mass is 10.2. The monoisotopic (exact) mass is 539 g/mol. The van der Waals surface area contributed by atoms with E-state index in [9.17, 15) is 4.79 Å². The van der Waals surface area contributed by atoms with Crippen molar-refractivity contribution in [1.82, 2.24) is 0 Å². The third kappa shape index (κ3) is 9.28. The first-order valence-corrected chi connectivity index (χ1v) is 18.0. The van der Waals surface area contributed by atoms with Crippen LogP contribution in [0.1, 0.15) is 82.1 Å². The van der Waals surface area contributed by atoms with Gasteiger partial charge in [0, 0.05) is 37.6 Å². The SMILES string of the molecule is CCO[Si](CCCN(CC(=O)O[Si](C(C)C)(C(C)C)C(C)C)c1ccccc1)(OCC)OC(C)CC. The predicted molar refractivity (Wildman–Crippen MR) is 155 cm³/mol. The topological polar surface area (TPSA) is 57.2 Å². The maximum atomic E-state index is 13.4. The normalized spacial score (nSPS) is 13.5. The van der Waals surface area contributed by atoms with Crippen molar-refractivity contribution in [2.45, 2.75) is 111 Å². The van der Waals surface area contributed by atoms with Crippen LogP contribution in [0.5, 0.6) is 0 Å². The van der Waals surface area contributed by atoms with Gasteiger partial charge in [0.1, 0.15) is 6.54 Å². The molecule has 0 aliphatic carbocycles. The molecule has 8 heteroatoms. The zero-order valence-corrected chi connectivity index (χ0v) is 26.6. The highest BCUT2D eigenvalue weighted by atomic mass is 28.4. The van der Waals surface area contributed by atoms with Crippen molar-refractivity contribution >= 4 is 28.8 Å². The lowest BCUT2D eigenvalue weighted by molar-refractivity contribution is -0.134. The van der Waals surface area contributed by atoms with Crippen LogP contribution in [0.3, 0.4) is 0 Å². The molecule has 0 aliphatic rings. The van der Waals surface area contributed by atoms with Crippen molar-refractivity contribution in [1.29, 1.82) is 0 Å². The Balaban J connectivity index is 3.08. The van der Waals surface area contributed by atoms with Gasteiger partial charge >= 0.3 is 14.8 Å². The van der Waals surface area contributed by atoms with Gasteiger partial charge in [-0.25, -0.2) is 0 Å². The fraction of sp³-hybridized carbons (Fsp3) is 0.750. The molecular weight excluding hydrogens is 486 g/mol. The number of para-hydroxylation sites is 1. The number of nitrogens with zero attached hydrogens (tertiary/aromatic N) is 1. The molecule has 0 aromatic heterocycles. The van der Waals surface area contributed by atoms with Crippen LogP contribution in [0.15, 0.2) is 30.3 Å². The molecule has 0 spiro atoms. The number of hydrogen-bond acceptors (Lipinski definition) is 6. The minimum absolute atomic E-state index is 0.0798. The fourth-order valence-corrected chi connectivity index (χ4v) is 13.3. The Labute approximate surface area is 223 Å². The van der Waals surface area contributed by atoms with E-state index in [-0.39, 0.29) is 18.6 Å². The molecule has 0 bridgehead atoms. The van der Waals surface area contributed by atoms with E-state index >= 15 is 0 Å². The Kier molecular flexibility index (Phi) is 14.5. The van der Waals surface area contributed by atoms with Gasteiger partial charge in [-0.05, 0) is 62.4 Å². The quantitative estimate of drug-likeness (QED) is 0.181. The summed E-state index contributed by atoms with van der Waals surface area (Å²) >= 11 is 0. The largest absolute Gasteiger partial charge is 0.517 e. The van der Waals surface area contributed by atoms with Gasteiger partial charge in [0.25, 0.3) is 8.32 Å². The Morgan fingerprint density at radius 3 is 1.83 bits per heavy atom. The molecular formula is C28H53NO5Si2. The second-order valence-electron chi connectivity index (χ2n) is 10.5. The molecule has 0 aliphatic heterocycles. The second-order valence-corrected chi connectivity index (χ2v) is 18.6. The van der Waals surface area contributed by atoms with Crippen LogP contribution in [0.2, 0.25) is 22.7 Å². The number of hydrogen-bond donors (Lipinski definition) is 0. The summed E-state index contributed by atoms with van der Waals surface area (Å²) < 4.78 is 25.1. The first kappa shape index (κ1) is 32.8. The average molecular weight is 540 g/mol. The Morgan fingerprint density at radius 2 is 1.39 bits per heavy atom. The van der Waals surface area contributed by atoms with E-state index in [1.54, 1.807) is 0 Å². The van der Waals surface area contributed by atoms with Crippen molar-refractivity contribution in [3.63, 3.8) is 0 Å². The zero-order chi connectivity index (χ0) is 27.4. The molecule has 0 fully saturated rings. The van der Waals surface area contributed by atoms with Crippen LogP contribution >= 0.6 is 0 Å². The van der Waals surface area contributed by atoms with E-state index in [1.165, 1.54) is 0 Å². The number of anilines is 1. The summed E-state index contributed by atoms with van der Waals surface area (Å²) in [5.74, 6) is -0.129. The maximum Gasteiger partial charge on any atom is 0.501 e. The maximum absolute atomic E-state index is 13.4. The van der Waals surface area contributed by atoms with Gasteiger partial charge in [0.05, 0.1) is 0 Å². The first-order valence-electron chi connectivity index (χ1n) is 13.9. The standard InChI is InChI=1S/C28H53NO5Si2/c1-11-26(10)33-35(31-12-2,32-13-3)21-17-20-29(27-18-15-14-16-19-27)22-28(30)34-36(23(4)5,24(6)7)25(8)9/h14-16,18-19,23-26H,11-13,17,20-22H2,1-10H3. The van der Waals surface area contributed by atoms with Crippen molar-refractivity contribution in [2.24, 2.45) is 0 Å². The van der Waals surface area contributed by atoms with E-state index in [0.717, 1.165) is 18.5 Å². The van der Waals surface area contributed by atoms with Crippen molar-refractivity contribution in [3.05, 3.63) is 30.3 Å². The third-order valence-corrected chi connectivity index (χ3v) is 16.2. The van der Waals surface area contributed by atoms with Gasteiger partial charge in [-0.2, -0.15) is 0 Å². The summed E-state index contributed by atoms with van der Waals surface area (Å²) in [5, 5.41) is 0. The van der Waals surface area contributed by atoms with Gasteiger partial charge in [0.2, 0.25) is 0 Å². The molecule has 1 aromatic carbocycles. The summed E-state index contributed by atoms with van der Waals surface area (Å²) in [5.41, 5.74) is 2.08. The molecule has 0 radical (unpaired) electrons. The van der Waals surface area contributed by atoms with Gasteiger partial charge in [-0.15, -0.1) is 0 Å². The first-order chi connectivity index (χ1) is 17.0. The Bertz CT molecular complexity index is 717. The highest BCUT2D eigenvalue weighted by Gasteiger charge is 2.48. The van der Waals surface area contributed by atoms with Gasteiger partial charge in [-0.1, -0.05) is 66.7 Å². The number of rotatable bonds is 18. The van der Waals surface area contributed by atoms with Crippen LogP contribution in [-0.4, -0.2) is 55.5 Å². The summed E-state index contributed by atoms with van der Waals surface area (Å²) in [6, 6.07) is 10.8. The fourth-order valence-electron chi connectivity index (χ4n) is 5.31. The summed E-state index contributed by atoms with van der Waals surface area (Å²) in [6.07, 6.45) is 1.78. The number of carbonyl (C=O) groups is 1. The highest BCUT2D eigenvalue weighted by molar-refractivity contribution is 6.78. The molecule has 0 heterocycles. The van der Waals surface area contributed by atoms with E-state index < -0.39 is 17.1 Å². The van der Waals surface area contributed by atoms with Gasteiger partial charge in [0.15, 0.2) is 0 Å². The summed E-state index contributed by atoms with van der Waals surface area (Å²) in [7, 11) is -5.10. The van der Waals surface area contributed by atoms with Crippen LogP contribution < -0.4 is 4.90 Å². The van der Waals surface area contributed by atoms with Crippen molar-refractivity contribution in [2.75, 3.05) is 31.2 Å². The molecule has 6 nitrogen and oxygen atoms in total. The molecule has 0 saturated heterocycles. The lowest BCUT2D eigenvalue weighted by Crippen LogP contribution is -2.51. The van der Waals surface area contributed by atoms with E-state index in [4.69, 9.17) is 17.7 Å². The second kappa shape index (κ2) is 15.9. The molecule has 36 heavy (non-hydrogen) atoms. The zero-order valence-electron chi connectivity index (χ0n) is 24.6. The molecule has 1 atom stereocenters. The smallest absolute Gasteiger partial charge is 0.501 e. The molecule has 1 unspecified atom stereocenters. The van der Waals surface area contributed by atoms with Crippen LogP contribution in [0, 0.1) is 0 Å². The Morgan fingerprint density at radius 1 is 0.861 bits per heavy atom. The van der Waals surface area contributed by atoms with Gasteiger partial charge < -0.3 is 22.6 Å².